The lowest BCUT2D eigenvalue weighted by Crippen LogP contribution is -2.18. The van der Waals surface area contributed by atoms with Crippen molar-refractivity contribution in [2.24, 2.45) is 0 Å². The van der Waals surface area contributed by atoms with Crippen LogP contribution >= 0.6 is 0 Å². The number of nitrogens with one attached hydrogen (secondary N) is 1. The minimum absolute atomic E-state index is 0.156. The lowest BCUT2D eigenvalue weighted by Gasteiger charge is -2.21. The zero-order valence-electron chi connectivity index (χ0n) is 13.3. The van der Waals surface area contributed by atoms with Crippen molar-refractivity contribution in [1.29, 1.82) is 0 Å². The molecule has 0 radical (unpaired) electrons. The molecular weight excluding hydrogens is 325 g/mol. The van der Waals surface area contributed by atoms with Crippen molar-refractivity contribution in [2.75, 3.05) is 18.9 Å². The minimum atomic E-state index is -0.569. The minimum Gasteiger partial charge on any atom is -0.368 e. The Labute approximate surface area is 143 Å². The molecule has 2 aromatic heterocycles. The van der Waals surface area contributed by atoms with E-state index in [2.05, 4.69) is 19.9 Å². The highest BCUT2D eigenvalue weighted by Crippen LogP contribution is 2.32. The third kappa shape index (κ3) is 3.21. The normalized spacial score (nSPS) is 15.4. The van der Waals surface area contributed by atoms with Crippen LogP contribution < -0.4 is 5.73 Å². The zero-order valence-corrected chi connectivity index (χ0v) is 13.3. The Hall–Kier alpha value is -2.84. The Morgan fingerprint density at radius 3 is 2.56 bits per heavy atom. The van der Waals surface area contributed by atoms with Gasteiger partial charge < -0.3 is 20.2 Å². The van der Waals surface area contributed by atoms with Gasteiger partial charge in [0.05, 0.1) is 30.3 Å². The third-order valence-corrected chi connectivity index (χ3v) is 3.82. The smallest absolute Gasteiger partial charge is 0.220 e. The van der Waals surface area contributed by atoms with Crippen LogP contribution in [0.4, 0.5) is 10.3 Å². The molecule has 0 atom stereocenters. The first-order valence-electron chi connectivity index (χ1n) is 7.88. The summed E-state index contributed by atoms with van der Waals surface area (Å²) in [5.74, 6) is 0.376. The van der Waals surface area contributed by atoms with Gasteiger partial charge in [-0.3, -0.25) is 0 Å². The number of halogens is 1. The van der Waals surface area contributed by atoms with Crippen molar-refractivity contribution < 1.29 is 13.9 Å². The van der Waals surface area contributed by atoms with E-state index in [1.165, 1.54) is 12.1 Å². The summed E-state index contributed by atoms with van der Waals surface area (Å²) in [4.78, 5) is 16.0. The summed E-state index contributed by atoms with van der Waals surface area (Å²) in [6.07, 6.45) is 1.85. The van der Waals surface area contributed by atoms with Gasteiger partial charge in [0.25, 0.3) is 0 Å². The molecule has 3 heterocycles. The Morgan fingerprint density at radius 1 is 1.08 bits per heavy atom. The van der Waals surface area contributed by atoms with Crippen molar-refractivity contribution >= 4 is 5.95 Å². The molecule has 0 spiro atoms. The van der Waals surface area contributed by atoms with Crippen LogP contribution in [0.2, 0.25) is 0 Å². The predicted octanol–water partition coefficient (Wildman–Crippen LogP) is 2.69. The van der Waals surface area contributed by atoms with Crippen molar-refractivity contribution in [1.82, 2.24) is 19.9 Å². The fraction of sp³-hybridized carbons (Fsp3) is 0.235. The SMILES string of the molecule is Nc1nccc(-c2[nH]c(C3OCCCO3)nc2-c2ccc(F)cc2)n1. The van der Waals surface area contributed by atoms with E-state index in [4.69, 9.17) is 15.2 Å². The molecule has 7 nitrogen and oxygen atoms in total. The third-order valence-electron chi connectivity index (χ3n) is 3.82. The monoisotopic (exact) mass is 341 g/mol. The van der Waals surface area contributed by atoms with Gasteiger partial charge in [-0.05, 0) is 36.8 Å². The Bertz CT molecular complexity index is 875. The Morgan fingerprint density at radius 2 is 1.84 bits per heavy atom. The summed E-state index contributed by atoms with van der Waals surface area (Å²) in [6, 6.07) is 7.81. The average Bonchev–Trinajstić information content (AvgIpc) is 3.08. The largest absolute Gasteiger partial charge is 0.368 e. The molecule has 3 N–H and O–H groups in total. The summed E-state index contributed by atoms with van der Waals surface area (Å²) in [5, 5.41) is 0. The van der Waals surface area contributed by atoms with Crippen LogP contribution in [0.25, 0.3) is 22.6 Å². The van der Waals surface area contributed by atoms with Crippen molar-refractivity contribution in [3.8, 4) is 22.6 Å². The summed E-state index contributed by atoms with van der Waals surface area (Å²) >= 11 is 0. The number of hydrogen-bond acceptors (Lipinski definition) is 6. The van der Waals surface area contributed by atoms with Crippen LogP contribution in [-0.2, 0) is 9.47 Å². The topological polar surface area (TPSA) is 98.9 Å². The number of aromatic amines is 1. The van der Waals surface area contributed by atoms with Crippen LogP contribution in [0, 0.1) is 5.82 Å². The molecule has 3 aromatic rings. The molecule has 4 rings (SSSR count). The van der Waals surface area contributed by atoms with Crippen LogP contribution in [0.5, 0.6) is 0 Å². The number of ether oxygens (including phenoxy) is 2. The van der Waals surface area contributed by atoms with E-state index < -0.39 is 6.29 Å². The molecule has 128 valence electrons. The molecule has 0 saturated carbocycles. The molecule has 1 aliphatic rings. The highest BCUT2D eigenvalue weighted by molar-refractivity contribution is 5.76. The van der Waals surface area contributed by atoms with Gasteiger partial charge >= 0.3 is 0 Å². The van der Waals surface area contributed by atoms with Crippen LogP contribution in [0.15, 0.2) is 36.5 Å². The average molecular weight is 341 g/mol. The quantitative estimate of drug-likeness (QED) is 0.760. The summed E-state index contributed by atoms with van der Waals surface area (Å²) in [7, 11) is 0. The Balaban J connectivity index is 1.82. The molecule has 1 aromatic carbocycles. The number of benzene rings is 1. The van der Waals surface area contributed by atoms with E-state index in [-0.39, 0.29) is 11.8 Å². The molecule has 0 unspecified atom stereocenters. The van der Waals surface area contributed by atoms with Crippen molar-refractivity contribution in [2.45, 2.75) is 12.7 Å². The van der Waals surface area contributed by atoms with E-state index in [0.717, 1.165) is 12.0 Å². The molecule has 0 aliphatic carbocycles. The van der Waals surface area contributed by atoms with Gasteiger partial charge in [-0.15, -0.1) is 0 Å². The summed E-state index contributed by atoms with van der Waals surface area (Å²) in [6.45, 7) is 1.21. The lowest BCUT2D eigenvalue weighted by molar-refractivity contribution is -0.186. The second-order valence-corrected chi connectivity index (χ2v) is 5.58. The van der Waals surface area contributed by atoms with E-state index in [9.17, 15) is 4.39 Å². The highest BCUT2D eigenvalue weighted by atomic mass is 19.1. The summed E-state index contributed by atoms with van der Waals surface area (Å²) < 4.78 is 24.5. The number of aromatic nitrogens is 4. The second-order valence-electron chi connectivity index (χ2n) is 5.58. The first-order valence-corrected chi connectivity index (χ1v) is 7.88. The van der Waals surface area contributed by atoms with Gasteiger partial charge in [0.1, 0.15) is 5.82 Å². The van der Waals surface area contributed by atoms with Crippen molar-refractivity contribution in [3.05, 3.63) is 48.2 Å². The first kappa shape index (κ1) is 15.7. The zero-order chi connectivity index (χ0) is 17.2. The number of nitrogens with zero attached hydrogens (tertiary/aromatic N) is 3. The predicted molar refractivity (Wildman–Crippen MR) is 88.7 cm³/mol. The highest BCUT2D eigenvalue weighted by Gasteiger charge is 2.24. The fourth-order valence-electron chi connectivity index (χ4n) is 2.66. The molecular formula is C17H16FN5O2. The van der Waals surface area contributed by atoms with Crippen molar-refractivity contribution in [3.63, 3.8) is 0 Å². The van der Waals surface area contributed by atoms with Gasteiger partial charge in [0, 0.05) is 11.8 Å². The van der Waals surface area contributed by atoms with E-state index in [1.54, 1.807) is 24.4 Å². The number of nitrogens with two attached hydrogens (primary N) is 1. The molecule has 8 heteroatoms. The number of rotatable bonds is 3. The van der Waals surface area contributed by atoms with Crippen LogP contribution in [0.1, 0.15) is 18.5 Å². The summed E-state index contributed by atoms with van der Waals surface area (Å²) in [5.41, 5.74) is 8.29. The Kier molecular flexibility index (Phi) is 4.12. The maximum Gasteiger partial charge on any atom is 0.220 e. The van der Waals surface area contributed by atoms with E-state index in [1.807, 2.05) is 0 Å². The maximum atomic E-state index is 13.3. The lowest BCUT2D eigenvalue weighted by atomic mass is 10.1. The molecule has 0 bridgehead atoms. The van der Waals surface area contributed by atoms with Gasteiger partial charge in [0.15, 0.2) is 5.82 Å². The van der Waals surface area contributed by atoms with E-state index in [0.29, 0.717) is 36.1 Å². The van der Waals surface area contributed by atoms with Crippen LogP contribution in [0.3, 0.4) is 0 Å². The van der Waals surface area contributed by atoms with Gasteiger partial charge in [-0.2, -0.15) is 0 Å². The van der Waals surface area contributed by atoms with Crippen LogP contribution in [-0.4, -0.2) is 33.1 Å². The molecule has 1 aliphatic heterocycles. The first-order chi connectivity index (χ1) is 12.2. The molecule has 25 heavy (non-hydrogen) atoms. The standard InChI is InChI=1S/C17H16FN5O2/c18-11-4-2-10(3-5-11)13-14(12-6-7-20-17(19)21-12)23-15(22-13)16-24-8-1-9-25-16/h2-7,16H,1,8-9H2,(H,22,23)(H2,19,20,21). The van der Waals surface area contributed by atoms with E-state index >= 15 is 0 Å². The number of anilines is 1. The maximum absolute atomic E-state index is 13.3. The molecule has 1 fully saturated rings. The van der Waals surface area contributed by atoms with Gasteiger partial charge in [-0.25, -0.2) is 19.3 Å². The van der Waals surface area contributed by atoms with Gasteiger partial charge in [-0.1, -0.05) is 0 Å². The molecule has 1 saturated heterocycles. The second kappa shape index (κ2) is 6.58. The van der Waals surface area contributed by atoms with Gasteiger partial charge in [0.2, 0.25) is 12.2 Å². The number of hydrogen-bond donors (Lipinski definition) is 2. The molecule has 0 amide bonds. The number of H-pyrrole nitrogens is 1. The fourth-order valence-corrected chi connectivity index (χ4v) is 2.66. The number of imidazole rings is 1. The number of nitrogen functional groups attached to an aromatic ring is 1.